The first-order valence-electron chi connectivity index (χ1n) is 5.71. The molecule has 2 unspecified atom stereocenters. The highest BCUT2D eigenvalue weighted by atomic mass is 32.2. The second-order valence-corrected chi connectivity index (χ2v) is 5.91. The van der Waals surface area contributed by atoms with Gasteiger partial charge in [-0.1, -0.05) is 6.92 Å². The zero-order valence-corrected chi connectivity index (χ0v) is 10.7. The Morgan fingerprint density at radius 2 is 2.22 bits per heavy atom. The molecule has 18 heavy (non-hydrogen) atoms. The maximum absolute atomic E-state index is 13.0. The van der Waals surface area contributed by atoms with Crippen LogP contribution in [0.3, 0.4) is 0 Å². The largest absolute Gasteiger partial charge is 0.416 e. The highest BCUT2D eigenvalue weighted by Gasteiger charge is 2.45. The van der Waals surface area contributed by atoms with Gasteiger partial charge >= 0.3 is 6.18 Å². The molecule has 0 saturated carbocycles. The van der Waals surface area contributed by atoms with Crippen molar-refractivity contribution >= 4 is 11.8 Å². The molecule has 0 aromatic carbocycles. The van der Waals surface area contributed by atoms with Crippen molar-refractivity contribution in [3.8, 4) is 0 Å². The van der Waals surface area contributed by atoms with Crippen LogP contribution in [0.4, 0.5) is 13.2 Å². The number of nitrogens with zero attached hydrogens (tertiary/aromatic N) is 1. The van der Waals surface area contributed by atoms with Gasteiger partial charge in [0.25, 0.3) is 0 Å². The van der Waals surface area contributed by atoms with Crippen LogP contribution in [0.25, 0.3) is 0 Å². The molecule has 1 aliphatic heterocycles. The van der Waals surface area contributed by atoms with Gasteiger partial charge in [-0.2, -0.15) is 24.9 Å². The summed E-state index contributed by atoms with van der Waals surface area (Å²) in [6.07, 6.45) is -1.16. The molecule has 1 aliphatic rings. The van der Waals surface area contributed by atoms with Gasteiger partial charge in [0.1, 0.15) is 5.60 Å². The van der Waals surface area contributed by atoms with Crippen LogP contribution in [0.2, 0.25) is 0 Å². The topological polar surface area (TPSA) is 33.1 Å². The SMILES string of the molecule is CC1SCCCC1(O)c1cnccc1C(F)(F)F. The van der Waals surface area contributed by atoms with Crippen LogP contribution in [0.15, 0.2) is 18.5 Å². The van der Waals surface area contributed by atoms with Crippen molar-refractivity contribution in [2.75, 3.05) is 5.75 Å². The van der Waals surface area contributed by atoms with Gasteiger partial charge in [0.05, 0.1) is 5.56 Å². The molecule has 0 bridgehead atoms. The number of pyridine rings is 1. The average Bonchev–Trinajstić information content (AvgIpc) is 2.32. The van der Waals surface area contributed by atoms with E-state index in [-0.39, 0.29) is 10.8 Å². The Morgan fingerprint density at radius 1 is 1.50 bits per heavy atom. The van der Waals surface area contributed by atoms with Crippen molar-refractivity contribution in [2.45, 2.75) is 36.8 Å². The molecule has 1 aromatic rings. The molecule has 1 aromatic heterocycles. The van der Waals surface area contributed by atoms with Crippen LogP contribution in [0.5, 0.6) is 0 Å². The molecule has 100 valence electrons. The van der Waals surface area contributed by atoms with Crippen molar-refractivity contribution in [3.05, 3.63) is 29.6 Å². The molecule has 0 spiro atoms. The van der Waals surface area contributed by atoms with Crippen molar-refractivity contribution in [1.82, 2.24) is 4.98 Å². The van der Waals surface area contributed by atoms with Crippen LogP contribution in [-0.4, -0.2) is 21.1 Å². The smallest absolute Gasteiger partial charge is 0.384 e. The van der Waals surface area contributed by atoms with Crippen LogP contribution in [0, 0.1) is 0 Å². The molecule has 0 aliphatic carbocycles. The summed E-state index contributed by atoms with van der Waals surface area (Å²) in [5.41, 5.74) is -2.33. The van der Waals surface area contributed by atoms with Gasteiger partial charge in [-0.3, -0.25) is 4.98 Å². The average molecular weight is 277 g/mol. The Kier molecular flexibility index (Phi) is 3.60. The Morgan fingerprint density at radius 3 is 2.83 bits per heavy atom. The number of hydrogen-bond acceptors (Lipinski definition) is 3. The summed E-state index contributed by atoms with van der Waals surface area (Å²) in [6.45, 7) is 1.76. The Bertz CT molecular complexity index is 438. The lowest BCUT2D eigenvalue weighted by Gasteiger charge is -2.39. The van der Waals surface area contributed by atoms with E-state index >= 15 is 0 Å². The van der Waals surface area contributed by atoms with Gasteiger partial charge in [-0.05, 0) is 24.7 Å². The molecule has 1 saturated heterocycles. The predicted molar refractivity (Wildman–Crippen MR) is 64.3 cm³/mol. The molecule has 2 nitrogen and oxygen atoms in total. The van der Waals surface area contributed by atoms with E-state index in [1.807, 2.05) is 0 Å². The van der Waals surface area contributed by atoms with E-state index in [9.17, 15) is 18.3 Å². The van der Waals surface area contributed by atoms with E-state index in [0.717, 1.165) is 24.2 Å². The number of hydrogen-bond donors (Lipinski definition) is 1. The maximum Gasteiger partial charge on any atom is 0.416 e. The summed E-state index contributed by atoms with van der Waals surface area (Å²) in [7, 11) is 0. The summed E-state index contributed by atoms with van der Waals surface area (Å²) >= 11 is 1.49. The van der Waals surface area contributed by atoms with E-state index in [1.54, 1.807) is 6.92 Å². The van der Waals surface area contributed by atoms with Crippen LogP contribution in [0.1, 0.15) is 30.9 Å². The number of thioether (sulfide) groups is 1. The van der Waals surface area contributed by atoms with Gasteiger partial charge in [-0.25, -0.2) is 0 Å². The number of aromatic nitrogens is 1. The first kappa shape index (κ1) is 13.7. The predicted octanol–water partition coefficient (Wildman–Crippen LogP) is 3.20. The fraction of sp³-hybridized carbons (Fsp3) is 0.583. The lowest BCUT2D eigenvalue weighted by Crippen LogP contribution is -2.40. The summed E-state index contributed by atoms with van der Waals surface area (Å²) in [5.74, 6) is 0.866. The molecule has 0 amide bonds. The molecule has 1 N–H and O–H groups in total. The van der Waals surface area contributed by atoms with Crippen molar-refractivity contribution in [2.24, 2.45) is 0 Å². The maximum atomic E-state index is 13.0. The standard InChI is InChI=1S/C12H14F3NOS/c1-8-11(17,4-2-6-18-8)10-7-16-5-3-9(10)12(13,14)15/h3,5,7-8,17H,2,4,6H2,1H3. The number of alkyl halides is 3. The van der Waals surface area contributed by atoms with Gasteiger partial charge in [0, 0.05) is 23.2 Å². The highest BCUT2D eigenvalue weighted by Crippen LogP contribution is 2.45. The summed E-state index contributed by atoms with van der Waals surface area (Å²) in [4.78, 5) is 3.74. The minimum Gasteiger partial charge on any atom is -0.384 e. The Hall–Kier alpha value is -0.750. The molecule has 2 rings (SSSR count). The third kappa shape index (κ3) is 2.36. The molecule has 6 heteroatoms. The van der Waals surface area contributed by atoms with Gasteiger partial charge < -0.3 is 5.11 Å². The van der Waals surface area contributed by atoms with Crippen molar-refractivity contribution in [1.29, 1.82) is 0 Å². The third-order valence-corrected chi connectivity index (χ3v) is 4.75. The second-order valence-electron chi connectivity index (χ2n) is 4.46. The Labute approximate surface area is 108 Å². The molecular formula is C12H14F3NOS. The fourth-order valence-electron chi connectivity index (χ4n) is 2.28. The fourth-order valence-corrected chi connectivity index (χ4v) is 3.47. The van der Waals surface area contributed by atoms with Gasteiger partial charge in [-0.15, -0.1) is 0 Å². The minimum atomic E-state index is -4.46. The van der Waals surface area contributed by atoms with Crippen LogP contribution >= 0.6 is 11.8 Å². The normalized spacial score (nSPS) is 29.3. The summed E-state index contributed by atoms with van der Waals surface area (Å²) in [5, 5.41) is 10.3. The molecule has 2 atom stereocenters. The summed E-state index contributed by atoms with van der Waals surface area (Å²) < 4.78 is 38.9. The zero-order valence-electron chi connectivity index (χ0n) is 9.87. The zero-order chi connectivity index (χ0) is 13.4. The van der Waals surface area contributed by atoms with Gasteiger partial charge in [0.15, 0.2) is 0 Å². The van der Waals surface area contributed by atoms with E-state index in [1.165, 1.54) is 11.8 Å². The van der Waals surface area contributed by atoms with E-state index in [2.05, 4.69) is 4.98 Å². The number of rotatable bonds is 1. The molecule has 2 heterocycles. The quantitative estimate of drug-likeness (QED) is 0.855. The highest BCUT2D eigenvalue weighted by molar-refractivity contribution is 8.00. The van der Waals surface area contributed by atoms with E-state index in [0.29, 0.717) is 12.8 Å². The van der Waals surface area contributed by atoms with E-state index < -0.39 is 17.3 Å². The minimum absolute atomic E-state index is 0.0998. The summed E-state index contributed by atoms with van der Waals surface area (Å²) in [6, 6.07) is 0.930. The lowest BCUT2D eigenvalue weighted by molar-refractivity contribution is -0.141. The second kappa shape index (κ2) is 4.74. The first-order valence-corrected chi connectivity index (χ1v) is 6.76. The number of halogens is 3. The van der Waals surface area contributed by atoms with Crippen LogP contribution < -0.4 is 0 Å². The van der Waals surface area contributed by atoms with E-state index in [4.69, 9.17) is 0 Å². The lowest BCUT2D eigenvalue weighted by atomic mass is 9.84. The van der Waals surface area contributed by atoms with Gasteiger partial charge in [0.2, 0.25) is 0 Å². The molecule has 0 radical (unpaired) electrons. The van der Waals surface area contributed by atoms with Crippen molar-refractivity contribution in [3.63, 3.8) is 0 Å². The van der Waals surface area contributed by atoms with Crippen molar-refractivity contribution < 1.29 is 18.3 Å². The monoisotopic (exact) mass is 277 g/mol. The van der Waals surface area contributed by atoms with Crippen LogP contribution in [-0.2, 0) is 11.8 Å². The first-order chi connectivity index (χ1) is 8.36. The molecular weight excluding hydrogens is 263 g/mol. The Balaban J connectivity index is 2.50. The third-order valence-electron chi connectivity index (χ3n) is 3.34. The number of aliphatic hydroxyl groups is 1. The molecule has 1 fully saturated rings.